The third-order valence-corrected chi connectivity index (χ3v) is 9.32. The number of piperidine rings is 1. The van der Waals surface area contributed by atoms with Crippen LogP contribution in [0.5, 0.6) is 5.75 Å². The average molecular weight is 658 g/mol. The number of aliphatic hydroxyl groups is 1. The zero-order valence-electron chi connectivity index (χ0n) is 26.2. The van der Waals surface area contributed by atoms with E-state index in [0.29, 0.717) is 23.4 Å². The first kappa shape index (κ1) is 31.7. The van der Waals surface area contributed by atoms with Crippen molar-refractivity contribution < 1.29 is 28.6 Å². The number of hydrogen-bond acceptors (Lipinski definition) is 12. The highest BCUT2D eigenvalue weighted by molar-refractivity contribution is 5.93. The minimum atomic E-state index is -1.51. The summed E-state index contributed by atoms with van der Waals surface area (Å²) in [6.07, 6.45) is -2.08. The molecule has 15 heteroatoms. The molecule has 4 atom stereocenters. The molecule has 2 amide bonds. The van der Waals surface area contributed by atoms with Crippen molar-refractivity contribution in [2.24, 2.45) is 0 Å². The fraction of sp³-hybridized carbons (Fsp3) is 0.455. The Morgan fingerprint density at radius 2 is 1.90 bits per heavy atom. The first-order chi connectivity index (χ1) is 23.3. The number of hydrogen-bond donors (Lipinski definition) is 3. The van der Waals surface area contributed by atoms with E-state index in [9.17, 15) is 20.0 Å². The van der Waals surface area contributed by atoms with E-state index in [-0.39, 0.29) is 37.2 Å². The van der Waals surface area contributed by atoms with Crippen molar-refractivity contribution in [1.82, 2.24) is 30.1 Å². The molecular formula is C33H36FN9O5. The molecule has 7 rings (SSSR count). The number of anilines is 3. The summed E-state index contributed by atoms with van der Waals surface area (Å²) < 4.78 is 26.4. The Labute approximate surface area is 276 Å². The van der Waals surface area contributed by atoms with Gasteiger partial charge in [0.1, 0.15) is 36.4 Å². The Morgan fingerprint density at radius 1 is 1.10 bits per heavy atom. The van der Waals surface area contributed by atoms with Crippen molar-refractivity contribution in [3.63, 3.8) is 0 Å². The highest BCUT2D eigenvalue weighted by Gasteiger charge is 2.40. The minimum absolute atomic E-state index is 0.0374. The molecule has 250 valence electrons. The monoisotopic (exact) mass is 657 g/mol. The summed E-state index contributed by atoms with van der Waals surface area (Å²) in [5, 5.41) is 25.2. The largest absolute Gasteiger partial charge is 0.486 e. The number of ether oxygens (including phenoxy) is 2. The second-order valence-corrected chi connectivity index (χ2v) is 12.4. The Balaban J connectivity index is 0.953. The lowest BCUT2D eigenvalue weighted by Crippen LogP contribution is -2.56. The summed E-state index contributed by atoms with van der Waals surface area (Å²) in [5.41, 5.74) is 2.73. The van der Waals surface area contributed by atoms with Crippen molar-refractivity contribution in [2.75, 3.05) is 62.7 Å². The maximum absolute atomic E-state index is 15.2. The smallest absolute Gasteiger partial charge is 0.249 e. The maximum atomic E-state index is 15.2. The lowest BCUT2D eigenvalue weighted by molar-refractivity contribution is -0.138. The molecule has 0 unspecified atom stereocenters. The summed E-state index contributed by atoms with van der Waals surface area (Å²) in [4.78, 5) is 43.6. The zero-order chi connectivity index (χ0) is 33.2. The van der Waals surface area contributed by atoms with E-state index in [4.69, 9.17) is 9.47 Å². The van der Waals surface area contributed by atoms with Gasteiger partial charge in [-0.25, -0.2) is 14.4 Å². The molecular weight excluding hydrogens is 621 g/mol. The zero-order valence-corrected chi connectivity index (χ0v) is 26.2. The standard InChI is InChI=1S/C33H36FN9O5/c34-25-16-43(32(46)26-14-27(44)31(45)39-26)8-7-29(25)48-28-6-1-20(13-21(28)15-35)30-36-19-37-33(40-30)38-22-2-4-23(5-3-22)41-9-11-42(12-10-41)24-17-47-18-24/h1-6,13,19,24-27,29,44H,7-12,14,16-18H2,(H,39,45)(H,36,37,38,40)/t25-,26-,27+,29-/m0/s1. The van der Waals surface area contributed by atoms with Crippen LogP contribution in [0.1, 0.15) is 18.4 Å². The average Bonchev–Trinajstić information content (AvgIpc) is 3.43. The van der Waals surface area contributed by atoms with Gasteiger partial charge < -0.3 is 35.0 Å². The first-order valence-electron chi connectivity index (χ1n) is 16.1. The Hall–Kier alpha value is -4.91. The SMILES string of the molecule is N#Cc1cc(-c2ncnc(Nc3ccc(N4CCN(C5COC5)CC4)cc3)n2)ccc1O[C@H]1CCN(C(=O)[C@@H]2C[C@@H](O)C(=O)N2)C[C@@H]1F. The number of aliphatic hydroxyl groups excluding tert-OH is 1. The molecule has 4 aliphatic heterocycles. The van der Waals surface area contributed by atoms with Gasteiger partial charge in [-0.3, -0.25) is 14.5 Å². The van der Waals surface area contributed by atoms with Crippen LogP contribution in [0, 0.1) is 11.3 Å². The second-order valence-electron chi connectivity index (χ2n) is 12.4. The van der Waals surface area contributed by atoms with Crippen molar-refractivity contribution in [3.8, 4) is 23.2 Å². The quantitative estimate of drug-likeness (QED) is 0.318. The fourth-order valence-electron chi connectivity index (χ4n) is 6.44. The molecule has 0 spiro atoms. The van der Waals surface area contributed by atoms with Gasteiger partial charge in [-0.15, -0.1) is 0 Å². The topological polar surface area (TPSA) is 169 Å². The van der Waals surface area contributed by atoms with Gasteiger partial charge in [-0.2, -0.15) is 10.2 Å². The van der Waals surface area contributed by atoms with Crippen molar-refractivity contribution in [2.45, 2.75) is 43.3 Å². The molecule has 4 aliphatic rings. The molecule has 14 nitrogen and oxygen atoms in total. The number of halogens is 1. The predicted molar refractivity (Wildman–Crippen MR) is 171 cm³/mol. The molecule has 0 radical (unpaired) electrons. The number of nitrogens with one attached hydrogen (secondary N) is 2. The molecule has 3 N–H and O–H groups in total. The van der Waals surface area contributed by atoms with Crippen LogP contribution in [0.25, 0.3) is 11.4 Å². The van der Waals surface area contributed by atoms with E-state index in [1.165, 1.54) is 11.2 Å². The second kappa shape index (κ2) is 13.7. The highest BCUT2D eigenvalue weighted by Crippen LogP contribution is 2.29. The Bertz CT molecular complexity index is 1690. The number of nitriles is 1. The number of likely N-dealkylation sites (tertiary alicyclic amines) is 1. The van der Waals surface area contributed by atoms with Gasteiger partial charge >= 0.3 is 0 Å². The fourth-order valence-corrected chi connectivity index (χ4v) is 6.44. The van der Waals surface area contributed by atoms with Gasteiger partial charge in [-0.05, 0) is 42.5 Å². The van der Waals surface area contributed by atoms with E-state index >= 15 is 4.39 Å². The number of aromatic nitrogens is 3. The van der Waals surface area contributed by atoms with Gasteiger partial charge in [0.2, 0.25) is 17.8 Å². The molecule has 1 aromatic heterocycles. The van der Waals surface area contributed by atoms with Gasteiger partial charge in [-0.1, -0.05) is 0 Å². The molecule has 48 heavy (non-hydrogen) atoms. The van der Waals surface area contributed by atoms with Crippen LogP contribution in [-0.4, -0.2) is 125 Å². The molecule has 0 bridgehead atoms. The normalized spacial score (nSPS) is 24.8. The Morgan fingerprint density at radius 3 is 2.56 bits per heavy atom. The minimum Gasteiger partial charge on any atom is -0.486 e. The van der Waals surface area contributed by atoms with Crippen LogP contribution in [-0.2, 0) is 14.3 Å². The number of rotatable bonds is 8. The number of piperazine rings is 1. The first-order valence-corrected chi connectivity index (χ1v) is 16.1. The number of amides is 2. The van der Waals surface area contributed by atoms with Gasteiger partial charge in [0.15, 0.2) is 12.0 Å². The van der Waals surface area contributed by atoms with E-state index < -0.39 is 36.2 Å². The van der Waals surface area contributed by atoms with Gasteiger partial charge in [0.25, 0.3) is 0 Å². The number of alkyl halides is 1. The molecule has 0 aliphatic carbocycles. The maximum Gasteiger partial charge on any atom is 0.249 e. The molecule has 3 aromatic rings. The van der Waals surface area contributed by atoms with E-state index in [2.05, 4.69) is 53.6 Å². The molecule has 4 saturated heterocycles. The van der Waals surface area contributed by atoms with E-state index in [1.54, 1.807) is 18.2 Å². The van der Waals surface area contributed by atoms with E-state index in [0.717, 1.165) is 50.8 Å². The van der Waals surface area contributed by atoms with Crippen molar-refractivity contribution in [3.05, 3.63) is 54.4 Å². The van der Waals surface area contributed by atoms with Gasteiger partial charge in [0.05, 0.1) is 31.4 Å². The number of nitrogens with zero attached hydrogens (tertiary/aromatic N) is 7. The molecule has 4 fully saturated rings. The van der Waals surface area contributed by atoms with Crippen LogP contribution in [0.15, 0.2) is 48.8 Å². The van der Waals surface area contributed by atoms with Crippen molar-refractivity contribution >= 4 is 29.1 Å². The van der Waals surface area contributed by atoms with Crippen LogP contribution < -0.4 is 20.3 Å². The van der Waals surface area contributed by atoms with Gasteiger partial charge in [0, 0.05) is 62.5 Å². The molecule has 0 saturated carbocycles. The van der Waals surface area contributed by atoms with E-state index in [1.807, 2.05) is 12.1 Å². The molecule has 5 heterocycles. The van der Waals surface area contributed by atoms with Crippen LogP contribution >= 0.6 is 0 Å². The number of carbonyl (C=O) groups is 2. The highest BCUT2D eigenvalue weighted by atomic mass is 19.1. The molecule has 2 aromatic carbocycles. The van der Waals surface area contributed by atoms with Crippen LogP contribution in [0.4, 0.5) is 21.7 Å². The lowest BCUT2D eigenvalue weighted by atomic mass is 10.0. The summed E-state index contributed by atoms with van der Waals surface area (Å²) in [6, 6.07) is 14.8. The lowest BCUT2D eigenvalue weighted by Gasteiger charge is -2.43. The number of carbonyl (C=O) groups excluding carboxylic acids is 2. The summed E-state index contributed by atoms with van der Waals surface area (Å²) in [6.45, 7) is 5.65. The summed E-state index contributed by atoms with van der Waals surface area (Å²) in [5.74, 6) is -0.134. The number of benzene rings is 2. The summed E-state index contributed by atoms with van der Waals surface area (Å²) in [7, 11) is 0. The Kier molecular flexibility index (Phi) is 9.02. The van der Waals surface area contributed by atoms with Crippen LogP contribution in [0.3, 0.4) is 0 Å². The third kappa shape index (κ3) is 6.73. The third-order valence-electron chi connectivity index (χ3n) is 9.32. The summed E-state index contributed by atoms with van der Waals surface area (Å²) >= 11 is 0. The predicted octanol–water partition coefficient (Wildman–Crippen LogP) is 1.24. The van der Waals surface area contributed by atoms with Crippen molar-refractivity contribution in [1.29, 1.82) is 5.26 Å². The van der Waals surface area contributed by atoms with Crippen LogP contribution in [0.2, 0.25) is 0 Å².